The van der Waals surface area contributed by atoms with E-state index in [4.69, 9.17) is 39.9 Å². The number of rotatable bonds is 3. The fourth-order valence-corrected chi connectivity index (χ4v) is 3.85. The van der Waals surface area contributed by atoms with Crippen LogP contribution in [0.5, 0.6) is 0 Å². The molecule has 0 spiro atoms. The van der Waals surface area contributed by atoms with Crippen molar-refractivity contribution in [3.63, 3.8) is 0 Å². The first kappa shape index (κ1) is 34.0. The number of nitrogens with zero attached hydrogens (tertiary/aromatic N) is 5. The van der Waals surface area contributed by atoms with E-state index >= 15 is 0 Å². The summed E-state index contributed by atoms with van der Waals surface area (Å²) in [6, 6.07) is 0. The number of hydrogen-bond donors (Lipinski definition) is 2. The first-order valence-corrected chi connectivity index (χ1v) is 12.1. The number of nitrogens with one attached hydrogen (secondary N) is 1. The first-order chi connectivity index (χ1) is 15.4. The Kier molecular flexibility index (Phi) is 19.2. The normalized spacial score (nSPS) is 17.1. The zero-order valence-electron chi connectivity index (χ0n) is 20.0. The van der Waals surface area contributed by atoms with E-state index in [9.17, 15) is 0 Å². The number of halogens is 4. The Morgan fingerprint density at radius 1 is 0.912 bits per heavy atom. The maximum Gasteiger partial charge on any atom is 1.00 e. The molecule has 1 unspecified atom stereocenters. The number of aromatic nitrogens is 4. The Balaban J connectivity index is 0.000000498. The van der Waals surface area contributed by atoms with Gasteiger partial charge in [-0.1, -0.05) is 47.6 Å². The van der Waals surface area contributed by atoms with Crippen LogP contribution in [0.1, 0.15) is 39.5 Å². The van der Waals surface area contributed by atoms with Gasteiger partial charge in [-0.25, -0.2) is 19.9 Å². The molecule has 0 aliphatic carbocycles. The van der Waals surface area contributed by atoms with Gasteiger partial charge in [-0.2, -0.15) is 12.8 Å². The summed E-state index contributed by atoms with van der Waals surface area (Å²) < 4.78 is 0. The number of aliphatic hydroxyl groups is 1. The third-order valence-electron chi connectivity index (χ3n) is 5.60. The molecule has 2 saturated heterocycles. The molecule has 0 aromatic carbocycles. The number of aliphatic hydroxyl groups excluding tert-OH is 1. The van der Waals surface area contributed by atoms with Gasteiger partial charge < -0.3 is 21.7 Å². The summed E-state index contributed by atoms with van der Waals surface area (Å²) >= 11 is 16.5. The van der Waals surface area contributed by atoms with Crippen molar-refractivity contribution >= 4 is 53.0 Å². The molecule has 2 N–H and O–H groups in total. The van der Waals surface area contributed by atoms with E-state index in [0.717, 1.165) is 50.8 Å². The van der Waals surface area contributed by atoms with Gasteiger partial charge in [0.2, 0.25) is 0 Å². The molecule has 2 aliphatic rings. The van der Waals surface area contributed by atoms with Crippen LogP contribution in [-0.4, -0.2) is 57.3 Å². The topological polar surface area (TPSA) is 87.1 Å². The molecule has 0 radical (unpaired) electrons. The molecule has 0 bridgehead atoms. The fourth-order valence-electron chi connectivity index (χ4n) is 3.55. The van der Waals surface area contributed by atoms with Crippen LogP contribution in [0, 0.1) is 18.3 Å². The predicted octanol–water partition coefficient (Wildman–Crippen LogP) is 2.15. The van der Waals surface area contributed by atoms with E-state index in [1.807, 2.05) is 6.92 Å². The summed E-state index contributed by atoms with van der Waals surface area (Å²) in [7, 11) is 0. The monoisotopic (exact) mass is 560 g/mol. The Hall–Kier alpha value is 0.0400. The van der Waals surface area contributed by atoms with Crippen LogP contribution in [0.2, 0.25) is 15.5 Å². The summed E-state index contributed by atoms with van der Waals surface area (Å²) in [6.07, 6.45) is 13.0. The van der Waals surface area contributed by atoms with Gasteiger partial charge in [-0.05, 0) is 38.8 Å². The minimum absolute atomic E-state index is 0. The van der Waals surface area contributed by atoms with Gasteiger partial charge in [-0.15, -0.1) is 12.4 Å². The molecular formula is C22H33Cl4N6NaO. The second-order valence-corrected chi connectivity index (χ2v) is 9.01. The molecule has 2 fully saturated rings. The zero-order chi connectivity index (χ0) is 23.3. The summed E-state index contributed by atoms with van der Waals surface area (Å²) in [5.41, 5.74) is 0. The quantitative estimate of drug-likeness (QED) is 0.438. The third-order valence-corrected chi connectivity index (χ3v) is 6.18. The largest absolute Gasteiger partial charge is 1.00 e. The molecule has 0 saturated carbocycles. The molecule has 2 aromatic rings. The van der Waals surface area contributed by atoms with Gasteiger partial charge >= 0.3 is 29.6 Å². The van der Waals surface area contributed by atoms with Crippen LogP contribution < -0.4 is 39.8 Å². The first-order valence-electron chi connectivity index (χ1n) is 10.9. The summed E-state index contributed by atoms with van der Waals surface area (Å²) in [5, 5.41) is 13.6. The zero-order valence-corrected chi connectivity index (χ0v) is 25.1. The molecule has 4 rings (SSSR count). The van der Waals surface area contributed by atoms with Crippen LogP contribution in [0.25, 0.3) is 0 Å². The maximum atomic E-state index is 9.15. The molecule has 2 aromatic heterocycles. The standard InChI is InChI=1S/C11H15ClN3.C7H15NO.C4H2Cl2N2.ClH.Na/c1-2-9-3-5-15(6-4-9)11-8-13-10(12)7-14-11;1-6(9)7-2-4-8-5-3-7;5-3-1-7-4(6)2-8-3;;/h2,7-9H,3-6H2,1H3;6-9H,2-5H2,1H3;1-2H;1H;/q-1;;;;+1. The average Bonchev–Trinajstić information content (AvgIpc) is 2.83. The van der Waals surface area contributed by atoms with Crippen molar-refractivity contribution in [1.82, 2.24) is 25.3 Å². The van der Waals surface area contributed by atoms with Gasteiger partial charge in [0.25, 0.3) is 0 Å². The van der Waals surface area contributed by atoms with Crippen molar-refractivity contribution in [1.29, 1.82) is 0 Å². The van der Waals surface area contributed by atoms with Gasteiger partial charge in [0.15, 0.2) is 0 Å². The van der Waals surface area contributed by atoms with E-state index in [-0.39, 0.29) is 48.1 Å². The predicted molar refractivity (Wildman–Crippen MR) is 139 cm³/mol. The molecule has 1 atom stereocenters. The average molecular weight is 562 g/mol. The van der Waals surface area contributed by atoms with Crippen LogP contribution in [-0.2, 0) is 0 Å². The second-order valence-electron chi connectivity index (χ2n) is 7.85. The van der Waals surface area contributed by atoms with E-state index < -0.39 is 0 Å². The van der Waals surface area contributed by atoms with Crippen molar-refractivity contribution in [2.45, 2.75) is 45.6 Å². The molecule has 2 aliphatic heterocycles. The van der Waals surface area contributed by atoms with E-state index in [1.54, 1.807) is 12.4 Å². The molecule has 34 heavy (non-hydrogen) atoms. The van der Waals surface area contributed by atoms with Crippen molar-refractivity contribution in [2.24, 2.45) is 11.8 Å². The molecule has 12 heteroatoms. The van der Waals surface area contributed by atoms with Crippen molar-refractivity contribution in [3.8, 4) is 0 Å². The van der Waals surface area contributed by atoms with Gasteiger partial charge in [0.05, 0.1) is 30.9 Å². The minimum Gasteiger partial charge on any atom is -0.393 e. The van der Waals surface area contributed by atoms with Gasteiger partial charge in [0.1, 0.15) is 21.3 Å². The van der Waals surface area contributed by atoms with Crippen molar-refractivity contribution in [2.75, 3.05) is 31.1 Å². The smallest absolute Gasteiger partial charge is 0.393 e. The number of piperidine rings is 2. The Morgan fingerprint density at radius 2 is 1.38 bits per heavy atom. The molecule has 4 heterocycles. The Bertz CT molecular complexity index is 738. The molecular weight excluding hydrogens is 529 g/mol. The van der Waals surface area contributed by atoms with Gasteiger partial charge in [-0.3, -0.25) is 0 Å². The summed E-state index contributed by atoms with van der Waals surface area (Å²) in [4.78, 5) is 17.9. The van der Waals surface area contributed by atoms with E-state index in [1.165, 1.54) is 25.2 Å². The van der Waals surface area contributed by atoms with Crippen LogP contribution in [0.3, 0.4) is 0 Å². The summed E-state index contributed by atoms with van der Waals surface area (Å²) in [6.45, 7) is 8.31. The second kappa shape index (κ2) is 19.2. The molecule has 0 amide bonds. The number of anilines is 1. The Labute approximate surface area is 246 Å². The van der Waals surface area contributed by atoms with Crippen molar-refractivity contribution in [3.05, 3.63) is 46.7 Å². The van der Waals surface area contributed by atoms with Crippen LogP contribution in [0.4, 0.5) is 5.82 Å². The Morgan fingerprint density at radius 3 is 1.74 bits per heavy atom. The summed E-state index contributed by atoms with van der Waals surface area (Å²) in [5.74, 6) is 2.25. The van der Waals surface area contributed by atoms with Gasteiger partial charge in [0, 0.05) is 13.1 Å². The third kappa shape index (κ3) is 13.4. The minimum atomic E-state index is -0.105. The van der Waals surface area contributed by atoms with E-state index in [2.05, 4.69) is 43.5 Å². The van der Waals surface area contributed by atoms with E-state index in [0.29, 0.717) is 21.4 Å². The SMILES string of the molecule is CC(O)C1CCNCC1.C[CH-]C1CCN(c2cnc(Cl)cn2)CC1.Cl.Clc1cnc(Cl)cn1.[Na+]. The molecule has 7 nitrogen and oxygen atoms in total. The maximum absolute atomic E-state index is 9.15. The van der Waals surface area contributed by atoms with Crippen LogP contribution >= 0.6 is 47.2 Å². The van der Waals surface area contributed by atoms with Crippen LogP contribution in [0.15, 0.2) is 24.8 Å². The number of hydrogen-bond acceptors (Lipinski definition) is 7. The van der Waals surface area contributed by atoms with Crippen molar-refractivity contribution < 1.29 is 34.7 Å². The fraction of sp³-hybridized carbons (Fsp3) is 0.591. The molecule has 186 valence electrons.